The number of ether oxygens (including phenoxy) is 2. The maximum atomic E-state index is 12.2. The van der Waals surface area contributed by atoms with Gasteiger partial charge < -0.3 is 9.47 Å². The third-order valence-corrected chi connectivity index (χ3v) is 5.19. The quantitative estimate of drug-likeness (QED) is 0.198. The molecule has 164 valence electrons. The average molecular weight is 413 g/mol. The first kappa shape index (κ1) is 23.8. The number of carbonyl (C=O) groups excluding carboxylic acids is 1. The van der Waals surface area contributed by atoms with Gasteiger partial charge in [0.2, 0.25) is 0 Å². The van der Waals surface area contributed by atoms with Crippen molar-refractivity contribution >= 4 is 5.97 Å². The molecule has 1 atom stereocenters. The van der Waals surface area contributed by atoms with Crippen LogP contribution in [0.15, 0.2) is 36.7 Å². The number of rotatable bonds is 14. The molecule has 0 aliphatic carbocycles. The SMILES string of the molecule is CCCCCCCCOc1cnc(-c2ccc(OC(=O)C(CC)CCC)cc2)nc1. The Morgan fingerprint density at radius 3 is 2.17 bits per heavy atom. The Morgan fingerprint density at radius 1 is 0.867 bits per heavy atom. The van der Waals surface area contributed by atoms with E-state index in [0.29, 0.717) is 23.9 Å². The molecule has 1 heterocycles. The summed E-state index contributed by atoms with van der Waals surface area (Å²) in [6, 6.07) is 7.32. The molecule has 0 aliphatic rings. The highest BCUT2D eigenvalue weighted by Crippen LogP contribution is 2.22. The number of benzene rings is 1. The number of nitrogens with zero attached hydrogens (tertiary/aromatic N) is 2. The Kier molecular flexibility index (Phi) is 10.9. The van der Waals surface area contributed by atoms with Crippen molar-refractivity contribution in [2.75, 3.05) is 6.61 Å². The van der Waals surface area contributed by atoms with Gasteiger partial charge in [-0.3, -0.25) is 4.79 Å². The molecule has 0 radical (unpaired) electrons. The maximum absolute atomic E-state index is 12.2. The Labute approximate surface area is 181 Å². The summed E-state index contributed by atoms with van der Waals surface area (Å²) < 4.78 is 11.3. The van der Waals surface area contributed by atoms with Gasteiger partial charge in [0.05, 0.1) is 24.9 Å². The molecule has 1 unspecified atom stereocenters. The minimum atomic E-state index is -0.157. The summed E-state index contributed by atoms with van der Waals surface area (Å²) in [5.41, 5.74) is 0.873. The van der Waals surface area contributed by atoms with E-state index >= 15 is 0 Å². The van der Waals surface area contributed by atoms with Crippen molar-refractivity contribution in [3.8, 4) is 22.9 Å². The van der Waals surface area contributed by atoms with E-state index in [1.165, 1.54) is 32.1 Å². The van der Waals surface area contributed by atoms with Gasteiger partial charge >= 0.3 is 5.97 Å². The Morgan fingerprint density at radius 2 is 1.53 bits per heavy atom. The Bertz CT molecular complexity index is 729. The highest BCUT2D eigenvalue weighted by atomic mass is 16.5. The van der Waals surface area contributed by atoms with Gasteiger partial charge in [0.1, 0.15) is 5.75 Å². The van der Waals surface area contributed by atoms with Crippen LogP contribution in [0.25, 0.3) is 11.4 Å². The van der Waals surface area contributed by atoms with Crippen LogP contribution in [0, 0.1) is 5.92 Å². The highest BCUT2D eigenvalue weighted by molar-refractivity contribution is 5.75. The first-order chi connectivity index (χ1) is 14.7. The summed E-state index contributed by atoms with van der Waals surface area (Å²) in [7, 11) is 0. The van der Waals surface area contributed by atoms with Crippen molar-refractivity contribution in [1.82, 2.24) is 9.97 Å². The standard InChI is InChI=1S/C25H36N2O3/c1-4-7-8-9-10-11-17-29-23-18-26-24(27-19-23)21-13-15-22(16-14-21)30-25(28)20(6-3)12-5-2/h13-16,18-20H,4-12,17H2,1-3H3. The fraction of sp³-hybridized carbons (Fsp3) is 0.560. The zero-order valence-corrected chi connectivity index (χ0v) is 18.7. The summed E-state index contributed by atoms with van der Waals surface area (Å²) in [6.07, 6.45) is 13.5. The fourth-order valence-electron chi connectivity index (χ4n) is 3.32. The van der Waals surface area contributed by atoms with Crippen molar-refractivity contribution < 1.29 is 14.3 Å². The molecule has 30 heavy (non-hydrogen) atoms. The molecule has 0 saturated carbocycles. The van der Waals surface area contributed by atoms with E-state index in [1.54, 1.807) is 24.5 Å². The number of esters is 1. The van der Waals surface area contributed by atoms with Gasteiger partial charge in [-0.1, -0.05) is 59.3 Å². The van der Waals surface area contributed by atoms with E-state index < -0.39 is 0 Å². The van der Waals surface area contributed by atoms with E-state index in [-0.39, 0.29) is 11.9 Å². The van der Waals surface area contributed by atoms with Gasteiger partial charge in [-0.15, -0.1) is 0 Å². The second-order valence-corrected chi connectivity index (χ2v) is 7.70. The van der Waals surface area contributed by atoms with Crippen LogP contribution in [0.4, 0.5) is 0 Å². The van der Waals surface area contributed by atoms with Crippen molar-refractivity contribution in [2.45, 2.75) is 78.6 Å². The van der Waals surface area contributed by atoms with Crippen LogP contribution in [0.3, 0.4) is 0 Å². The van der Waals surface area contributed by atoms with Crippen molar-refractivity contribution in [1.29, 1.82) is 0 Å². The third kappa shape index (κ3) is 8.13. The smallest absolute Gasteiger partial charge is 0.314 e. The summed E-state index contributed by atoms with van der Waals surface area (Å²) in [4.78, 5) is 21.0. The molecule has 0 spiro atoms. The Hall–Kier alpha value is -2.43. The van der Waals surface area contributed by atoms with Gasteiger partial charge in [-0.25, -0.2) is 9.97 Å². The van der Waals surface area contributed by atoms with Crippen LogP contribution in [-0.2, 0) is 4.79 Å². The summed E-state index contributed by atoms with van der Waals surface area (Å²) in [5.74, 6) is 1.67. The minimum absolute atomic E-state index is 0.0399. The lowest BCUT2D eigenvalue weighted by molar-refractivity contribution is -0.139. The molecule has 0 N–H and O–H groups in total. The summed E-state index contributed by atoms with van der Waals surface area (Å²) >= 11 is 0. The van der Waals surface area contributed by atoms with Crippen LogP contribution >= 0.6 is 0 Å². The zero-order valence-electron chi connectivity index (χ0n) is 18.7. The second-order valence-electron chi connectivity index (χ2n) is 7.70. The predicted octanol–water partition coefficient (Wildman–Crippen LogP) is 6.61. The molecule has 2 aromatic rings. The molecule has 0 aliphatic heterocycles. The predicted molar refractivity (Wildman–Crippen MR) is 121 cm³/mol. The first-order valence-electron chi connectivity index (χ1n) is 11.4. The molecule has 0 bridgehead atoms. The second kappa shape index (κ2) is 13.7. The van der Waals surface area contributed by atoms with Crippen molar-refractivity contribution in [3.05, 3.63) is 36.7 Å². The van der Waals surface area contributed by atoms with Crippen molar-refractivity contribution in [2.24, 2.45) is 5.92 Å². The highest BCUT2D eigenvalue weighted by Gasteiger charge is 2.17. The molecular formula is C25H36N2O3. The van der Waals surface area contributed by atoms with Gasteiger partial charge in [-0.2, -0.15) is 0 Å². The molecule has 0 saturated heterocycles. The number of hydrogen-bond donors (Lipinski definition) is 0. The molecule has 2 rings (SSSR count). The van der Waals surface area contributed by atoms with Crippen LogP contribution in [0.5, 0.6) is 11.5 Å². The minimum Gasteiger partial charge on any atom is -0.490 e. The number of unbranched alkanes of at least 4 members (excludes halogenated alkanes) is 5. The van der Waals surface area contributed by atoms with E-state index in [4.69, 9.17) is 9.47 Å². The van der Waals surface area contributed by atoms with Crippen molar-refractivity contribution in [3.63, 3.8) is 0 Å². The number of carbonyl (C=O) groups is 1. The van der Waals surface area contributed by atoms with Gasteiger partial charge in [0, 0.05) is 5.56 Å². The third-order valence-electron chi connectivity index (χ3n) is 5.19. The molecule has 5 nitrogen and oxygen atoms in total. The number of hydrogen-bond acceptors (Lipinski definition) is 5. The summed E-state index contributed by atoms with van der Waals surface area (Å²) in [6.45, 7) is 7.02. The van der Waals surface area contributed by atoms with Gasteiger partial charge in [0.25, 0.3) is 0 Å². The van der Waals surface area contributed by atoms with E-state index in [1.807, 2.05) is 19.1 Å². The van der Waals surface area contributed by atoms with Crippen LogP contribution in [-0.4, -0.2) is 22.5 Å². The lowest BCUT2D eigenvalue weighted by atomic mass is 10.0. The van der Waals surface area contributed by atoms with Gasteiger partial charge in [-0.05, 0) is 43.5 Å². The fourth-order valence-corrected chi connectivity index (χ4v) is 3.32. The monoisotopic (exact) mass is 412 g/mol. The lowest BCUT2D eigenvalue weighted by Gasteiger charge is -2.13. The molecule has 0 fully saturated rings. The topological polar surface area (TPSA) is 61.3 Å². The van der Waals surface area contributed by atoms with E-state index in [2.05, 4.69) is 23.8 Å². The van der Waals surface area contributed by atoms with E-state index in [0.717, 1.165) is 31.2 Å². The molecule has 1 aromatic carbocycles. The van der Waals surface area contributed by atoms with E-state index in [9.17, 15) is 4.79 Å². The summed E-state index contributed by atoms with van der Waals surface area (Å²) in [5, 5.41) is 0. The zero-order chi connectivity index (χ0) is 21.6. The van der Waals surface area contributed by atoms with Gasteiger partial charge in [0.15, 0.2) is 11.6 Å². The normalized spacial score (nSPS) is 11.8. The molecule has 5 heteroatoms. The number of aromatic nitrogens is 2. The molecular weight excluding hydrogens is 376 g/mol. The lowest BCUT2D eigenvalue weighted by Crippen LogP contribution is -2.19. The maximum Gasteiger partial charge on any atom is 0.314 e. The molecule has 0 amide bonds. The largest absolute Gasteiger partial charge is 0.490 e. The van der Waals surface area contributed by atoms with Crippen LogP contribution in [0.2, 0.25) is 0 Å². The Balaban J connectivity index is 1.81. The molecule has 1 aromatic heterocycles. The van der Waals surface area contributed by atoms with Crippen LogP contribution in [0.1, 0.15) is 78.6 Å². The van der Waals surface area contributed by atoms with Crippen LogP contribution < -0.4 is 9.47 Å². The average Bonchev–Trinajstić information content (AvgIpc) is 2.78. The first-order valence-corrected chi connectivity index (χ1v) is 11.4.